The van der Waals surface area contributed by atoms with Gasteiger partial charge in [-0.25, -0.2) is 9.78 Å². The van der Waals surface area contributed by atoms with E-state index in [1.807, 2.05) is 22.9 Å². The van der Waals surface area contributed by atoms with Crippen LogP contribution in [0.2, 0.25) is 0 Å². The molecule has 2 heterocycles. The van der Waals surface area contributed by atoms with Crippen LogP contribution < -0.4 is 5.73 Å². The Labute approximate surface area is 128 Å². The minimum atomic E-state index is -0.454. The van der Waals surface area contributed by atoms with Crippen molar-refractivity contribution in [1.82, 2.24) is 9.55 Å². The molecule has 0 aliphatic heterocycles. The van der Waals surface area contributed by atoms with Crippen molar-refractivity contribution < 1.29 is 9.53 Å². The van der Waals surface area contributed by atoms with E-state index in [0.717, 1.165) is 12.2 Å². The molecule has 2 aromatic rings. The molecular weight excluding hydrogens is 286 g/mol. The van der Waals surface area contributed by atoms with Gasteiger partial charge >= 0.3 is 5.97 Å². The summed E-state index contributed by atoms with van der Waals surface area (Å²) in [5.74, 6) is 0.755. The van der Waals surface area contributed by atoms with Gasteiger partial charge in [0.15, 0.2) is 5.69 Å². The highest BCUT2D eigenvalue weighted by atomic mass is 32.1. The Morgan fingerprint density at radius 3 is 2.76 bits per heavy atom. The number of carbonyl (C=O) groups excluding carboxylic acids is 1. The Kier molecular flexibility index (Phi) is 5.01. The Bertz CT molecular complexity index is 605. The maximum Gasteiger partial charge on any atom is 0.360 e. The summed E-state index contributed by atoms with van der Waals surface area (Å²) in [5.41, 5.74) is 6.42. The summed E-state index contributed by atoms with van der Waals surface area (Å²) in [6, 6.07) is 4.21. The summed E-state index contributed by atoms with van der Waals surface area (Å²) < 4.78 is 7.00. The summed E-state index contributed by atoms with van der Waals surface area (Å²) in [4.78, 5) is 17.6. The first-order valence-corrected chi connectivity index (χ1v) is 8.08. The van der Waals surface area contributed by atoms with Crippen molar-refractivity contribution in [3.63, 3.8) is 0 Å². The SMILES string of the molecule is CCOC(=O)c1nc(CC)n(C(CC)c2cccs2)c1N. The third kappa shape index (κ3) is 2.95. The first kappa shape index (κ1) is 15.6. The van der Waals surface area contributed by atoms with Gasteiger partial charge in [0, 0.05) is 11.3 Å². The molecule has 21 heavy (non-hydrogen) atoms. The lowest BCUT2D eigenvalue weighted by molar-refractivity contribution is 0.0521. The van der Waals surface area contributed by atoms with Crippen LogP contribution in [-0.2, 0) is 11.2 Å². The Balaban J connectivity index is 2.49. The van der Waals surface area contributed by atoms with E-state index >= 15 is 0 Å². The van der Waals surface area contributed by atoms with Crippen molar-refractivity contribution in [2.75, 3.05) is 12.3 Å². The van der Waals surface area contributed by atoms with Gasteiger partial charge in [0.1, 0.15) is 11.6 Å². The molecule has 0 aliphatic rings. The van der Waals surface area contributed by atoms with Gasteiger partial charge in [-0.3, -0.25) is 0 Å². The van der Waals surface area contributed by atoms with Gasteiger partial charge in [-0.2, -0.15) is 0 Å². The summed E-state index contributed by atoms with van der Waals surface area (Å²) in [6.45, 7) is 6.20. The van der Waals surface area contributed by atoms with Crippen LogP contribution in [0.4, 0.5) is 5.82 Å². The second-order valence-corrected chi connectivity index (χ2v) is 5.62. The third-order valence-corrected chi connectivity index (χ3v) is 4.35. The minimum absolute atomic E-state index is 0.107. The molecule has 0 saturated carbocycles. The maximum atomic E-state index is 12.0. The predicted octanol–water partition coefficient (Wildman–Crippen LogP) is 3.27. The average molecular weight is 307 g/mol. The number of ether oxygens (including phenoxy) is 1. The molecule has 0 aliphatic carbocycles. The van der Waals surface area contributed by atoms with E-state index in [-0.39, 0.29) is 11.7 Å². The Hall–Kier alpha value is -1.82. The summed E-state index contributed by atoms with van der Waals surface area (Å²) >= 11 is 1.69. The van der Waals surface area contributed by atoms with Crippen molar-refractivity contribution in [2.24, 2.45) is 0 Å². The molecule has 2 aromatic heterocycles. The number of aromatic nitrogens is 2. The van der Waals surface area contributed by atoms with E-state index < -0.39 is 5.97 Å². The fraction of sp³-hybridized carbons (Fsp3) is 0.467. The zero-order chi connectivity index (χ0) is 15.4. The van der Waals surface area contributed by atoms with Crippen molar-refractivity contribution in [1.29, 1.82) is 0 Å². The zero-order valence-corrected chi connectivity index (χ0v) is 13.4. The quantitative estimate of drug-likeness (QED) is 0.832. The highest BCUT2D eigenvalue weighted by Gasteiger charge is 2.25. The molecule has 5 nitrogen and oxygen atoms in total. The van der Waals surface area contributed by atoms with Crippen LogP contribution in [0.1, 0.15) is 54.4 Å². The van der Waals surface area contributed by atoms with E-state index in [1.165, 1.54) is 4.88 Å². The largest absolute Gasteiger partial charge is 0.461 e. The topological polar surface area (TPSA) is 70.1 Å². The molecule has 0 bridgehead atoms. The second kappa shape index (κ2) is 6.76. The van der Waals surface area contributed by atoms with Crippen LogP contribution in [0.15, 0.2) is 17.5 Å². The van der Waals surface area contributed by atoms with Gasteiger partial charge in [-0.15, -0.1) is 11.3 Å². The molecule has 0 fully saturated rings. The molecular formula is C15H21N3O2S. The highest BCUT2D eigenvalue weighted by molar-refractivity contribution is 7.10. The number of hydrogen-bond donors (Lipinski definition) is 1. The number of nitrogens with two attached hydrogens (primary N) is 1. The monoisotopic (exact) mass is 307 g/mol. The number of anilines is 1. The van der Waals surface area contributed by atoms with E-state index in [2.05, 4.69) is 18.0 Å². The van der Waals surface area contributed by atoms with Crippen LogP contribution >= 0.6 is 11.3 Å². The van der Waals surface area contributed by atoms with Crippen molar-refractivity contribution >= 4 is 23.1 Å². The molecule has 2 rings (SSSR count). The van der Waals surface area contributed by atoms with Gasteiger partial charge in [0.25, 0.3) is 0 Å². The smallest absolute Gasteiger partial charge is 0.360 e. The second-order valence-electron chi connectivity index (χ2n) is 4.65. The number of hydrogen-bond acceptors (Lipinski definition) is 5. The number of nitrogens with zero attached hydrogens (tertiary/aromatic N) is 2. The highest BCUT2D eigenvalue weighted by Crippen LogP contribution is 2.31. The van der Waals surface area contributed by atoms with E-state index in [9.17, 15) is 4.79 Å². The molecule has 0 radical (unpaired) electrons. The number of aryl methyl sites for hydroxylation is 1. The zero-order valence-electron chi connectivity index (χ0n) is 12.6. The average Bonchev–Trinajstić information content (AvgIpc) is 3.10. The van der Waals surface area contributed by atoms with E-state index in [0.29, 0.717) is 18.8 Å². The van der Waals surface area contributed by atoms with E-state index in [4.69, 9.17) is 10.5 Å². The predicted molar refractivity (Wildman–Crippen MR) is 84.7 cm³/mol. The number of imidazole rings is 1. The van der Waals surface area contributed by atoms with Crippen LogP contribution in [0, 0.1) is 0 Å². The molecule has 0 aromatic carbocycles. The van der Waals surface area contributed by atoms with Gasteiger partial charge in [-0.1, -0.05) is 19.9 Å². The normalized spacial score (nSPS) is 12.3. The van der Waals surface area contributed by atoms with Gasteiger partial charge in [0.05, 0.1) is 12.6 Å². The van der Waals surface area contributed by atoms with Gasteiger partial charge in [-0.05, 0) is 24.8 Å². The maximum absolute atomic E-state index is 12.0. The van der Waals surface area contributed by atoms with Crippen LogP contribution in [0.5, 0.6) is 0 Å². The molecule has 0 spiro atoms. The van der Waals surface area contributed by atoms with Gasteiger partial charge < -0.3 is 15.0 Å². The standard InChI is InChI=1S/C15H21N3O2S/c1-4-10(11-8-7-9-21-11)18-12(5-2)17-13(14(18)16)15(19)20-6-3/h7-10H,4-6,16H2,1-3H3. The van der Waals surface area contributed by atoms with Crippen LogP contribution in [-0.4, -0.2) is 22.1 Å². The van der Waals surface area contributed by atoms with Crippen LogP contribution in [0.25, 0.3) is 0 Å². The van der Waals surface area contributed by atoms with Gasteiger partial charge in [0.2, 0.25) is 0 Å². The number of esters is 1. The lowest BCUT2D eigenvalue weighted by Gasteiger charge is -2.19. The molecule has 2 N–H and O–H groups in total. The molecule has 1 unspecified atom stereocenters. The van der Waals surface area contributed by atoms with Crippen molar-refractivity contribution in [3.8, 4) is 0 Å². The Morgan fingerprint density at radius 2 is 2.24 bits per heavy atom. The molecule has 6 heteroatoms. The molecule has 114 valence electrons. The molecule has 1 atom stereocenters. The third-order valence-electron chi connectivity index (χ3n) is 3.38. The summed E-state index contributed by atoms with van der Waals surface area (Å²) in [6.07, 6.45) is 1.60. The fourth-order valence-corrected chi connectivity index (χ4v) is 3.33. The molecule has 0 saturated heterocycles. The summed E-state index contributed by atoms with van der Waals surface area (Å²) in [5, 5.41) is 2.04. The Morgan fingerprint density at radius 1 is 1.48 bits per heavy atom. The van der Waals surface area contributed by atoms with Crippen molar-refractivity contribution in [2.45, 2.75) is 39.7 Å². The first-order chi connectivity index (χ1) is 10.1. The van der Waals surface area contributed by atoms with Crippen molar-refractivity contribution in [3.05, 3.63) is 33.9 Å². The lowest BCUT2D eigenvalue weighted by Crippen LogP contribution is -2.15. The molecule has 0 amide bonds. The summed E-state index contributed by atoms with van der Waals surface area (Å²) in [7, 11) is 0. The lowest BCUT2D eigenvalue weighted by atomic mass is 10.1. The first-order valence-electron chi connectivity index (χ1n) is 7.21. The van der Waals surface area contributed by atoms with E-state index in [1.54, 1.807) is 18.3 Å². The number of thiophene rings is 1. The number of nitrogen functional groups attached to an aromatic ring is 1. The van der Waals surface area contributed by atoms with Crippen LogP contribution in [0.3, 0.4) is 0 Å². The number of rotatable bonds is 6. The minimum Gasteiger partial charge on any atom is -0.461 e. The fourth-order valence-electron chi connectivity index (χ4n) is 2.43. The number of carbonyl (C=O) groups is 1.